The number of aryl methyl sites for hydroxylation is 1. The van der Waals surface area contributed by atoms with Gasteiger partial charge in [-0.15, -0.1) is 0 Å². The van der Waals surface area contributed by atoms with E-state index < -0.39 is 0 Å². The Kier molecular flexibility index (Phi) is 3.30. The standard InChI is InChI=1S/C12H14BrNO2/c1-8-6-9(2-3-11(8)13)12(16)14-5-4-10(15)7-14/h2-3,6,10,15H,4-5,7H2,1H3. The van der Waals surface area contributed by atoms with Crippen LogP contribution in [0.5, 0.6) is 0 Å². The van der Waals surface area contributed by atoms with Crippen molar-refractivity contribution in [3.05, 3.63) is 33.8 Å². The molecule has 0 bridgehead atoms. The maximum atomic E-state index is 12.1. The third-order valence-corrected chi connectivity index (χ3v) is 3.75. The van der Waals surface area contributed by atoms with E-state index in [0.717, 1.165) is 10.0 Å². The first-order chi connectivity index (χ1) is 7.58. The molecule has 0 radical (unpaired) electrons. The number of rotatable bonds is 1. The molecule has 0 aliphatic carbocycles. The van der Waals surface area contributed by atoms with E-state index >= 15 is 0 Å². The molecule has 1 atom stereocenters. The number of β-amino-alcohol motifs (C(OH)–C–C–N with tert-alkyl or cyclic N) is 1. The van der Waals surface area contributed by atoms with Gasteiger partial charge in [-0.1, -0.05) is 15.9 Å². The summed E-state index contributed by atoms with van der Waals surface area (Å²) in [6.07, 6.45) is 0.321. The van der Waals surface area contributed by atoms with E-state index in [9.17, 15) is 9.90 Å². The molecule has 0 aromatic heterocycles. The Balaban J connectivity index is 2.18. The number of carbonyl (C=O) groups excluding carboxylic acids is 1. The van der Waals surface area contributed by atoms with E-state index in [4.69, 9.17) is 0 Å². The minimum atomic E-state index is -0.361. The molecular formula is C12H14BrNO2. The third kappa shape index (κ3) is 2.28. The van der Waals surface area contributed by atoms with Crippen LogP contribution < -0.4 is 0 Å². The van der Waals surface area contributed by atoms with Gasteiger partial charge >= 0.3 is 0 Å². The van der Waals surface area contributed by atoms with Gasteiger partial charge < -0.3 is 10.0 Å². The van der Waals surface area contributed by atoms with E-state index in [1.807, 2.05) is 25.1 Å². The molecule has 1 aromatic carbocycles. The van der Waals surface area contributed by atoms with Crippen molar-refractivity contribution >= 4 is 21.8 Å². The first kappa shape index (κ1) is 11.6. The van der Waals surface area contributed by atoms with Gasteiger partial charge in [0.25, 0.3) is 5.91 Å². The molecule has 4 heteroatoms. The quantitative estimate of drug-likeness (QED) is 0.856. The number of hydrogen-bond donors (Lipinski definition) is 1. The second-order valence-corrected chi connectivity index (χ2v) is 5.01. The summed E-state index contributed by atoms with van der Waals surface area (Å²) in [4.78, 5) is 13.8. The number of halogens is 1. The lowest BCUT2D eigenvalue weighted by Gasteiger charge is -2.15. The molecule has 86 valence electrons. The number of likely N-dealkylation sites (tertiary alicyclic amines) is 1. The summed E-state index contributed by atoms with van der Waals surface area (Å²) in [5.74, 6) is 0.00662. The average molecular weight is 284 g/mol. The lowest BCUT2D eigenvalue weighted by atomic mass is 10.1. The van der Waals surface area contributed by atoms with Crippen molar-refractivity contribution in [1.29, 1.82) is 0 Å². The maximum Gasteiger partial charge on any atom is 0.253 e. The monoisotopic (exact) mass is 283 g/mol. The molecule has 1 N–H and O–H groups in total. The molecule has 1 aliphatic rings. The Hall–Kier alpha value is -0.870. The van der Waals surface area contributed by atoms with E-state index in [-0.39, 0.29) is 12.0 Å². The number of hydrogen-bond acceptors (Lipinski definition) is 2. The van der Waals surface area contributed by atoms with Gasteiger partial charge in [0.05, 0.1) is 6.10 Å². The van der Waals surface area contributed by atoms with Crippen molar-refractivity contribution < 1.29 is 9.90 Å². The Bertz CT molecular complexity index is 419. The minimum absolute atomic E-state index is 0.00662. The number of carbonyl (C=O) groups is 1. The van der Waals surface area contributed by atoms with E-state index in [0.29, 0.717) is 25.1 Å². The minimum Gasteiger partial charge on any atom is -0.391 e. The zero-order valence-electron chi connectivity index (χ0n) is 9.11. The van der Waals surface area contributed by atoms with Gasteiger partial charge in [0, 0.05) is 23.1 Å². The number of aliphatic hydroxyl groups excluding tert-OH is 1. The van der Waals surface area contributed by atoms with Gasteiger partial charge in [-0.2, -0.15) is 0 Å². The largest absolute Gasteiger partial charge is 0.391 e. The van der Waals surface area contributed by atoms with Crippen LogP contribution in [0, 0.1) is 6.92 Å². The fourth-order valence-corrected chi connectivity index (χ4v) is 2.13. The SMILES string of the molecule is Cc1cc(C(=O)N2CCC(O)C2)ccc1Br. The lowest BCUT2D eigenvalue weighted by molar-refractivity contribution is 0.0765. The molecule has 1 amide bonds. The van der Waals surface area contributed by atoms with Crippen molar-refractivity contribution in [2.45, 2.75) is 19.4 Å². The molecule has 0 saturated carbocycles. The van der Waals surface area contributed by atoms with Crippen molar-refractivity contribution in [1.82, 2.24) is 4.90 Å². The third-order valence-electron chi connectivity index (χ3n) is 2.86. The van der Waals surface area contributed by atoms with Gasteiger partial charge in [0.15, 0.2) is 0 Å². The van der Waals surface area contributed by atoms with Crippen molar-refractivity contribution in [3.8, 4) is 0 Å². The second kappa shape index (κ2) is 4.55. The fourth-order valence-electron chi connectivity index (χ4n) is 1.89. The van der Waals surface area contributed by atoms with Crippen molar-refractivity contribution in [2.24, 2.45) is 0 Å². The van der Waals surface area contributed by atoms with Crippen LogP contribution in [0.3, 0.4) is 0 Å². The number of benzene rings is 1. The topological polar surface area (TPSA) is 40.5 Å². The molecule has 1 aliphatic heterocycles. The summed E-state index contributed by atoms with van der Waals surface area (Å²) in [7, 11) is 0. The van der Waals surface area contributed by atoms with Crippen LogP contribution in [0.15, 0.2) is 22.7 Å². The zero-order valence-corrected chi connectivity index (χ0v) is 10.7. The van der Waals surface area contributed by atoms with Gasteiger partial charge in [-0.3, -0.25) is 4.79 Å². The highest BCUT2D eigenvalue weighted by Crippen LogP contribution is 2.19. The van der Waals surface area contributed by atoms with Gasteiger partial charge in [0.1, 0.15) is 0 Å². The number of amides is 1. The molecule has 3 nitrogen and oxygen atoms in total. The van der Waals surface area contributed by atoms with Gasteiger partial charge in [-0.05, 0) is 37.1 Å². The van der Waals surface area contributed by atoms with Crippen molar-refractivity contribution in [3.63, 3.8) is 0 Å². The Morgan fingerprint density at radius 1 is 1.56 bits per heavy atom. The fraction of sp³-hybridized carbons (Fsp3) is 0.417. The lowest BCUT2D eigenvalue weighted by Crippen LogP contribution is -2.29. The highest BCUT2D eigenvalue weighted by atomic mass is 79.9. The zero-order chi connectivity index (χ0) is 11.7. The average Bonchev–Trinajstić information content (AvgIpc) is 2.68. The Labute approximate surface area is 103 Å². The van der Waals surface area contributed by atoms with Crippen LogP contribution in [-0.4, -0.2) is 35.1 Å². The summed E-state index contributed by atoms with van der Waals surface area (Å²) in [5.41, 5.74) is 1.74. The molecule has 1 fully saturated rings. The molecule has 0 spiro atoms. The first-order valence-corrected chi connectivity index (χ1v) is 6.10. The molecule has 1 heterocycles. The summed E-state index contributed by atoms with van der Waals surface area (Å²) in [6, 6.07) is 5.57. The van der Waals surface area contributed by atoms with Crippen molar-refractivity contribution in [2.75, 3.05) is 13.1 Å². The predicted octanol–water partition coefficient (Wildman–Crippen LogP) is 1.96. The van der Waals surface area contributed by atoms with Crippen LogP contribution in [0.2, 0.25) is 0 Å². The van der Waals surface area contributed by atoms with Crippen LogP contribution in [0.1, 0.15) is 22.3 Å². The molecule has 2 rings (SSSR count). The van der Waals surface area contributed by atoms with Crippen LogP contribution in [-0.2, 0) is 0 Å². The summed E-state index contributed by atoms with van der Waals surface area (Å²) >= 11 is 3.41. The highest BCUT2D eigenvalue weighted by Gasteiger charge is 2.25. The van der Waals surface area contributed by atoms with Gasteiger partial charge in [0.2, 0.25) is 0 Å². The number of aliphatic hydroxyl groups is 1. The van der Waals surface area contributed by atoms with Gasteiger partial charge in [-0.25, -0.2) is 0 Å². The molecule has 16 heavy (non-hydrogen) atoms. The van der Waals surface area contributed by atoms with Crippen LogP contribution in [0.25, 0.3) is 0 Å². The Morgan fingerprint density at radius 2 is 2.31 bits per heavy atom. The second-order valence-electron chi connectivity index (χ2n) is 4.16. The molecule has 1 saturated heterocycles. The van der Waals surface area contributed by atoms with Crippen LogP contribution >= 0.6 is 15.9 Å². The van der Waals surface area contributed by atoms with E-state index in [1.165, 1.54) is 0 Å². The predicted molar refractivity (Wildman–Crippen MR) is 65.4 cm³/mol. The Morgan fingerprint density at radius 3 is 2.88 bits per heavy atom. The highest BCUT2D eigenvalue weighted by molar-refractivity contribution is 9.10. The first-order valence-electron chi connectivity index (χ1n) is 5.31. The number of nitrogens with zero attached hydrogens (tertiary/aromatic N) is 1. The molecule has 1 unspecified atom stereocenters. The molecule has 1 aromatic rings. The van der Waals surface area contributed by atoms with Crippen LogP contribution in [0.4, 0.5) is 0 Å². The summed E-state index contributed by atoms with van der Waals surface area (Å²) in [5, 5.41) is 9.39. The van der Waals surface area contributed by atoms with E-state index in [1.54, 1.807) is 4.90 Å². The maximum absolute atomic E-state index is 12.1. The smallest absolute Gasteiger partial charge is 0.253 e. The summed E-state index contributed by atoms with van der Waals surface area (Å²) < 4.78 is 1.01. The molecular weight excluding hydrogens is 270 g/mol. The van der Waals surface area contributed by atoms with E-state index in [2.05, 4.69) is 15.9 Å². The summed E-state index contributed by atoms with van der Waals surface area (Å²) in [6.45, 7) is 3.06. The normalized spacial score (nSPS) is 20.2.